The number of benzene rings is 2. The number of halogens is 3. The summed E-state index contributed by atoms with van der Waals surface area (Å²) < 4.78 is 26.4. The van der Waals surface area contributed by atoms with E-state index in [9.17, 15) is 13.6 Å². The van der Waals surface area contributed by atoms with E-state index in [1.54, 1.807) is 4.90 Å². The van der Waals surface area contributed by atoms with Gasteiger partial charge in [-0.1, -0.05) is 23.7 Å². The van der Waals surface area contributed by atoms with Crippen molar-refractivity contribution < 1.29 is 13.6 Å². The molecule has 1 spiro atoms. The van der Waals surface area contributed by atoms with Crippen molar-refractivity contribution in [3.63, 3.8) is 0 Å². The van der Waals surface area contributed by atoms with Crippen molar-refractivity contribution in [3.8, 4) is 0 Å². The zero-order chi connectivity index (χ0) is 19.9. The van der Waals surface area contributed by atoms with Gasteiger partial charge >= 0.3 is 6.03 Å². The fraction of sp³-hybridized carbons (Fsp3) is 0.381. The van der Waals surface area contributed by atoms with Gasteiger partial charge < -0.3 is 10.2 Å². The molecule has 2 heterocycles. The first-order valence-electron chi connectivity index (χ1n) is 9.35. The van der Waals surface area contributed by atoms with Gasteiger partial charge in [-0.15, -0.1) is 0 Å². The lowest BCUT2D eigenvalue weighted by atomic mass is 9.63. The molecule has 7 heteroatoms. The number of rotatable bonds is 2. The number of carbonyl (C=O) groups excluding carboxylic acids is 1. The second-order valence-corrected chi connectivity index (χ2v) is 8.21. The molecule has 1 atom stereocenters. The van der Waals surface area contributed by atoms with E-state index in [0.717, 1.165) is 36.5 Å². The number of nitrogens with one attached hydrogen (secondary N) is 1. The number of hydrogen-bond donors (Lipinski definition) is 1. The van der Waals surface area contributed by atoms with E-state index in [1.807, 2.05) is 12.1 Å². The summed E-state index contributed by atoms with van der Waals surface area (Å²) in [6, 6.07) is 11.4. The molecule has 1 unspecified atom stereocenters. The van der Waals surface area contributed by atoms with Gasteiger partial charge in [-0.25, -0.2) is 13.6 Å². The predicted molar refractivity (Wildman–Crippen MR) is 105 cm³/mol. The summed E-state index contributed by atoms with van der Waals surface area (Å²) in [5.74, 6) is -1.90. The summed E-state index contributed by atoms with van der Waals surface area (Å²) in [6.07, 6.45) is 1.80. The molecule has 0 radical (unpaired) electrons. The molecule has 2 aliphatic rings. The van der Waals surface area contributed by atoms with Crippen LogP contribution in [0.1, 0.15) is 24.4 Å². The molecule has 2 fully saturated rings. The largest absolute Gasteiger partial charge is 0.324 e. The number of likely N-dealkylation sites (tertiary alicyclic amines) is 2. The standard InChI is InChI=1S/C21H22ClF2N3O/c1-26-13-21(19(26)14-2-4-15(22)5-3-14)8-10-27(11-9-21)20(28)25-16-6-7-17(23)18(24)12-16/h2-7,12,19H,8-11,13H2,1H3,(H,25,28). The van der Waals surface area contributed by atoms with Crippen LogP contribution in [0.5, 0.6) is 0 Å². The number of anilines is 1. The van der Waals surface area contributed by atoms with Gasteiger partial charge in [-0.3, -0.25) is 4.90 Å². The Labute approximate surface area is 168 Å². The minimum Gasteiger partial charge on any atom is -0.324 e. The molecule has 2 aromatic carbocycles. The molecular formula is C21H22ClF2N3O. The lowest BCUT2D eigenvalue weighted by molar-refractivity contribution is -0.0915. The third-order valence-corrected chi connectivity index (χ3v) is 6.24. The van der Waals surface area contributed by atoms with Crippen molar-refractivity contribution in [1.82, 2.24) is 9.80 Å². The van der Waals surface area contributed by atoms with Crippen LogP contribution in [0.4, 0.5) is 19.3 Å². The molecule has 28 heavy (non-hydrogen) atoms. The summed E-state index contributed by atoms with van der Waals surface area (Å²) in [7, 11) is 2.12. The molecule has 2 aromatic rings. The Hall–Kier alpha value is -2.18. The Balaban J connectivity index is 1.40. The first-order valence-corrected chi connectivity index (χ1v) is 9.72. The monoisotopic (exact) mass is 405 g/mol. The highest BCUT2D eigenvalue weighted by Gasteiger charge is 2.52. The van der Waals surface area contributed by atoms with Crippen molar-refractivity contribution in [2.75, 3.05) is 32.0 Å². The summed E-state index contributed by atoms with van der Waals surface area (Å²) in [5, 5.41) is 3.38. The van der Waals surface area contributed by atoms with Crippen molar-refractivity contribution >= 4 is 23.3 Å². The first kappa shape index (κ1) is 19.2. The molecule has 2 saturated heterocycles. The minimum atomic E-state index is -0.973. The van der Waals surface area contributed by atoms with E-state index < -0.39 is 11.6 Å². The van der Waals surface area contributed by atoms with E-state index >= 15 is 0 Å². The smallest absolute Gasteiger partial charge is 0.321 e. The minimum absolute atomic E-state index is 0.154. The van der Waals surface area contributed by atoms with Gasteiger partial charge in [0, 0.05) is 47.9 Å². The third kappa shape index (κ3) is 3.47. The predicted octanol–water partition coefficient (Wildman–Crippen LogP) is 4.92. The molecule has 1 N–H and O–H groups in total. The van der Waals surface area contributed by atoms with Crippen LogP contribution in [0.15, 0.2) is 42.5 Å². The van der Waals surface area contributed by atoms with Gasteiger partial charge in [0.15, 0.2) is 11.6 Å². The Morgan fingerprint density at radius 3 is 2.39 bits per heavy atom. The highest BCUT2D eigenvalue weighted by Crippen LogP contribution is 2.54. The summed E-state index contributed by atoms with van der Waals surface area (Å²) in [6.45, 7) is 2.26. The topological polar surface area (TPSA) is 35.6 Å². The number of carbonyl (C=O) groups is 1. The van der Waals surface area contributed by atoms with E-state index in [4.69, 9.17) is 11.6 Å². The van der Waals surface area contributed by atoms with Crippen LogP contribution in [-0.2, 0) is 0 Å². The SMILES string of the molecule is CN1CC2(CCN(C(=O)Nc3ccc(F)c(F)c3)CC2)C1c1ccc(Cl)cc1. The molecule has 2 amide bonds. The second kappa shape index (κ2) is 7.33. The second-order valence-electron chi connectivity index (χ2n) is 7.78. The third-order valence-electron chi connectivity index (χ3n) is 5.99. The number of hydrogen-bond acceptors (Lipinski definition) is 2. The van der Waals surface area contributed by atoms with Crippen molar-refractivity contribution in [1.29, 1.82) is 0 Å². The van der Waals surface area contributed by atoms with Gasteiger partial charge in [0.05, 0.1) is 0 Å². The van der Waals surface area contributed by atoms with Crippen LogP contribution in [0, 0.1) is 17.0 Å². The van der Waals surface area contributed by atoms with Crippen LogP contribution in [0.3, 0.4) is 0 Å². The molecule has 0 saturated carbocycles. The van der Waals surface area contributed by atoms with Gasteiger partial charge in [0.2, 0.25) is 0 Å². The Morgan fingerprint density at radius 2 is 1.79 bits per heavy atom. The average Bonchev–Trinajstić information content (AvgIpc) is 2.67. The van der Waals surface area contributed by atoms with E-state index in [1.165, 1.54) is 11.6 Å². The number of piperidine rings is 1. The van der Waals surface area contributed by atoms with Gasteiger partial charge in [-0.05, 0) is 49.7 Å². The molecule has 0 aromatic heterocycles. The average molecular weight is 406 g/mol. The molecular weight excluding hydrogens is 384 g/mol. The normalized spacial score (nSPS) is 21.4. The fourth-order valence-corrected chi connectivity index (χ4v) is 4.77. The molecule has 2 aliphatic heterocycles. The lowest BCUT2D eigenvalue weighted by Gasteiger charge is -2.59. The molecule has 0 aliphatic carbocycles. The zero-order valence-electron chi connectivity index (χ0n) is 15.6. The number of nitrogens with zero attached hydrogens (tertiary/aromatic N) is 2. The molecule has 0 bridgehead atoms. The Morgan fingerprint density at radius 1 is 1.11 bits per heavy atom. The van der Waals surface area contributed by atoms with Crippen molar-refractivity contribution in [3.05, 3.63) is 64.7 Å². The highest BCUT2D eigenvalue weighted by molar-refractivity contribution is 6.30. The lowest BCUT2D eigenvalue weighted by Crippen LogP contribution is -2.61. The molecule has 4 nitrogen and oxygen atoms in total. The van der Waals surface area contributed by atoms with Crippen molar-refractivity contribution in [2.24, 2.45) is 5.41 Å². The fourth-order valence-electron chi connectivity index (χ4n) is 4.65. The summed E-state index contributed by atoms with van der Waals surface area (Å²) in [4.78, 5) is 16.6. The maximum absolute atomic E-state index is 13.3. The van der Waals surface area contributed by atoms with Crippen LogP contribution >= 0.6 is 11.6 Å². The summed E-state index contributed by atoms with van der Waals surface area (Å²) in [5.41, 5.74) is 1.66. The zero-order valence-corrected chi connectivity index (χ0v) is 16.3. The molecule has 4 rings (SSSR count). The van der Waals surface area contributed by atoms with E-state index in [-0.39, 0.29) is 17.1 Å². The van der Waals surface area contributed by atoms with Crippen molar-refractivity contribution in [2.45, 2.75) is 18.9 Å². The highest BCUT2D eigenvalue weighted by atomic mass is 35.5. The number of amides is 2. The molecule has 148 valence electrons. The van der Waals surface area contributed by atoms with Gasteiger partial charge in [0.25, 0.3) is 0 Å². The Bertz CT molecular complexity index is 882. The maximum Gasteiger partial charge on any atom is 0.321 e. The van der Waals surface area contributed by atoms with Gasteiger partial charge in [-0.2, -0.15) is 0 Å². The van der Waals surface area contributed by atoms with E-state index in [2.05, 4.69) is 29.4 Å². The van der Waals surface area contributed by atoms with E-state index in [0.29, 0.717) is 19.1 Å². The maximum atomic E-state index is 13.3. The number of urea groups is 1. The van der Waals surface area contributed by atoms with Gasteiger partial charge in [0.1, 0.15) is 0 Å². The van der Waals surface area contributed by atoms with Crippen LogP contribution in [0.2, 0.25) is 5.02 Å². The van der Waals surface area contributed by atoms with Crippen LogP contribution < -0.4 is 5.32 Å². The quantitative estimate of drug-likeness (QED) is 0.769. The Kier molecular flexibility index (Phi) is 5.02. The van der Waals surface area contributed by atoms with Crippen LogP contribution in [0.25, 0.3) is 0 Å². The van der Waals surface area contributed by atoms with Crippen LogP contribution in [-0.4, -0.2) is 42.5 Å². The summed E-state index contributed by atoms with van der Waals surface area (Å²) >= 11 is 6.02. The first-order chi connectivity index (χ1) is 13.4.